The highest BCUT2D eigenvalue weighted by molar-refractivity contribution is 5.71. The molecule has 146 valence electrons. The molecule has 0 saturated carbocycles. The third-order valence-electron chi connectivity index (χ3n) is 6.12. The van der Waals surface area contributed by atoms with Gasteiger partial charge in [0, 0.05) is 25.3 Å². The third kappa shape index (κ3) is 3.74. The zero-order valence-corrected chi connectivity index (χ0v) is 16.3. The van der Waals surface area contributed by atoms with Gasteiger partial charge in [-0.05, 0) is 55.6 Å². The van der Waals surface area contributed by atoms with Gasteiger partial charge in [0.1, 0.15) is 12.7 Å². The summed E-state index contributed by atoms with van der Waals surface area (Å²) in [6.07, 6.45) is 7.18. The van der Waals surface area contributed by atoms with Gasteiger partial charge in [-0.2, -0.15) is 0 Å². The molecule has 3 aliphatic heterocycles. The zero-order chi connectivity index (χ0) is 18.8. The van der Waals surface area contributed by atoms with Crippen LogP contribution in [-0.4, -0.2) is 50.3 Å². The fraction of sp³-hybridized carbons (Fsp3) is 0.417. The minimum Gasteiger partial charge on any atom is -0.486 e. The lowest BCUT2D eigenvalue weighted by Gasteiger charge is -2.38. The van der Waals surface area contributed by atoms with E-state index in [9.17, 15) is 0 Å². The molecule has 3 heterocycles. The lowest BCUT2D eigenvalue weighted by atomic mass is 9.95. The highest BCUT2D eigenvalue weighted by Crippen LogP contribution is 2.32. The van der Waals surface area contributed by atoms with Crippen molar-refractivity contribution in [3.63, 3.8) is 0 Å². The highest BCUT2D eigenvalue weighted by atomic mass is 16.6. The van der Waals surface area contributed by atoms with Gasteiger partial charge in [-0.3, -0.25) is 4.90 Å². The summed E-state index contributed by atoms with van der Waals surface area (Å²) in [5.74, 6) is 2.51. The summed E-state index contributed by atoms with van der Waals surface area (Å²) in [5, 5.41) is 0. The van der Waals surface area contributed by atoms with Crippen molar-refractivity contribution in [3.05, 3.63) is 60.2 Å². The SMILES string of the molecule is C1=Cc2ccccc2N(CC2CCN(CC3COc4ccccc4O3)CC2)C1. The standard InChI is InChI=1S/C24H28N2O2/c1-2-8-22-20(6-1)7-5-13-26(22)16-19-11-14-25(15-12-19)17-21-18-27-23-9-3-4-10-24(23)28-21/h1-10,19,21H,11-18H2. The van der Waals surface area contributed by atoms with E-state index < -0.39 is 0 Å². The summed E-state index contributed by atoms with van der Waals surface area (Å²) in [4.78, 5) is 5.09. The second kappa shape index (κ2) is 7.88. The first-order chi connectivity index (χ1) is 13.8. The van der Waals surface area contributed by atoms with E-state index >= 15 is 0 Å². The maximum absolute atomic E-state index is 6.14. The quantitative estimate of drug-likeness (QED) is 0.803. The number of piperidine rings is 1. The van der Waals surface area contributed by atoms with Crippen LogP contribution < -0.4 is 14.4 Å². The highest BCUT2D eigenvalue weighted by Gasteiger charge is 2.27. The molecule has 0 bridgehead atoms. The maximum atomic E-state index is 6.14. The molecule has 0 radical (unpaired) electrons. The Balaban J connectivity index is 1.12. The van der Waals surface area contributed by atoms with Crippen LogP contribution in [0.5, 0.6) is 11.5 Å². The van der Waals surface area contributed by atoms with E-state index in [1.54, 1.807) is 0 Å². The molecule has 5 rings (SSSR count). The summed E-state index contributed by atoms with van der Waals surface area (Å²) in [6, 6.07) is 16.7. The van der Waals surface area contributed by atoms with E-state index in [1.807, 2.05) is 24.3 Å². The predicted molar refractivity (Wildman–Crippen MR) is 113 cm³/mol. The summed E-state index contributed by atoms with van der Waals surface area (Å²) < 4.78 is 12.0. The molecule has 0 amide bonds. The molecule has 0 aliphatic carbocycles. The Bertz CT molecular complexity index is 842. The fourth-order valence-electron chi connectivity index (χ4n) is 4.60. The maximum Gasteiger partial charge on any atom is 0.161 e. The van der Waals surface area contributed by atoms with E-state index in [-0.39, 0.29) is 6.10 Å². The molecule has 28 heavy (non-hydrogen) atoms. The average Bonchev–Trinajstić information content (AvgIpc) is 2.75. The van der Waals surface area contributed by atoms with Crippen LogP contribution >= 0.6 is 0 Å². The minimum absolute atomic E-state index is 0.130. The molecular formula is C24H28N2O2. The summed E-state index contributed by atoms with van der Waals surface area (Å²) in [5.41, 5.74) is 2.74. The van der Waals surface area contributed by atoms with Crippen molar-refractivity contribution in [2.75, 3.05) is 44.2 Å². The molecule has 4 nitrogen and oxygen atoms in total. The van der Waals surface area contributed by atoms with Crippen molar-refractivity contribution in [2.24, 2.45) is 5.92 Å². The lowest BCUT2D eigenvalue weighted by molar-refractivity contribution is 0.0482. The monoisotopic (exact) mass is 376 g/mol. The molecule has 1 saturated heterocycles. The predicted octanol–water partition coefficient (Wildman–Crippen LogP) is 4.07. The first-order valence-electron chi connectivity index (χ1n) is 10.5. The van der Waals surface area contributed by atoms with Gasteiger partial charge >= 0.3 is 0 Å². The molecule has 1 fully saturated rings. The van der Waals surface area contributed by atoms with Crippen LogP contribution in [0.3, 0.4) is 0 Å². The van der Waals surface area contributed by atoms with Gasteiger partial charge in [0.2, 0.25) is 0 Å². The summed E-state index contributed by atoms with van der Waals surface area (Å²) >= 11 is 0. The number of para-hydroxylation sites is 3. The van der Waals surface area contributed by atoms with Crippen LogP contribution in [0, 0.1) is 5.92 Å². The number of ether oxygens (including phenoxy) is 2. The van der Waals surface area contributed by atoms with E-state index in [2.05, 4.69) is 46.2 Å². The van der Waals surface area contributed by atoms with Crippen LogP contribution in [0.2, 0.25) is 0 Å². The van der Waals surface area contributed by atoms with E-state index in [0.717, 1.165) is 50.1 Å². The van der Waals surface area contributed by atoms with E-state index in [0.29, 0.717) is 6.61 Å². The van der Waals surface area contributed by atoms with Crippen LogP contribution in [0.4, 0.5) is 5.69 Å². The van der Waals surface area contributed by atoms with Gasteiger partial charge < -0.3 is 14.4 Å². The molecule has 4 heteroatoms. The molecule has 0 aromatic heterocycles. The number of nitrogens with zero attached hydrogens (tertiary/aromatic N) is 2. The normalized spacial score (nSPS) is 22.1. The van der Waals surface area contributed by atoms with Gasteiger partial charge in [0.25, 0.3) is 0 Å². The number of hydrogen-bond donors (Lipinski definition) is 0. The van der Waals surface area contributed by atoms with Gasteiger partial charge in [-0.25, -0.2) is 0 Å². The first-order valence-corrected chi connectivity index (χ1v) is 10.5. The number of rotatable bonds is 4. The van der Waals surface area contributed by atoms with Crippen LogP contribution in [0.1, 0.15) is 18.4 Å². The number of benzene rings is 2. The largest absolute Gasteiger partial charge is 0.486 e. The van der Waals surface area contributed by atoms with Crippen molar-refractivity contribution in [1.29, 1.82) is 0 Å². The van der Waals surface area contributed by atoms with Crippen molar-refractivity contribution >= 4 is 11.8 Å². The van der Waals surface area contributed by atoms with Crippen LogP contribution in [0.15, 0.2) is 54.6 Å². The number of hydrogen-bond acceptors (Lipinski definition) is 4. The topological polar surface area (TPSA) is 24.9 Å². The van der Waals surface area contributed by atoms with Crippen molar-refractivity contribution in [3.8, 4) is 11.5 Å². The summed E-state index contributed by atoms with van der Waals surface area (Å²) in [7, 11) is 0. The smallest absolute Gasteiger partial charge is 0.161 e. The Morgan fingerprint density at radius 1 is 0.893 bits per heavy atom. The number of anilines is 1. The van der Waals surface area contributed by atoms with Crippen molar-refractivity contribution < 1.29 is 9.47 Å². The summed E-state index contributed by atoms with van der Waals surface area (Å²) in [6.45, 7) is 6.09. The molecule has 0 N–H and O–H groups in total. The third-order valence-corrected chi connectivity index (χ3v) is 6.12. The molecule has 0 spiro atoms. The molecule has 1 unspecified atom stereocenters. The van der Waals surface area contributed by atoms with E-state index in [1.165, 1.54) is 24.1 Å². The Labute approximate surface area is 167 Å². The van der Waals surface area contributed by atoms with Crippen molar-refractivity contribution in [2.45, 2.75) is 18.9 Å². The fourth-order valence-corrected chi connectivity index (χ4v) is 4.60. The number of likely N-dealkylation sites (tertiary alicyclic amines) is 1. The Hall–Kier alpha value is -2.46. The molecule has 1 atom stereocenters. The van der Waals surface area contributed by atoms with Crippen LogP contribution in [-0.2, 0) is 0 Å². The second-order valence-electron chi connectivity index (χ2n) is 8.11. The number of fused-ring (bicyclic) bond motifs is 2. The van der Waals surface area contributed by atoms with Crippen LogP contribution in [0.25, 0.3) is 6.08 Å². The van der Waals surface area contributed by atoms with E-state index in [4.69, 9.17) is 9.47 Å². The average molecular weight is 377 g/mol. The molecule has 3 aliphatic rings. The van der Waals surface area contributed by atoms with Gasteiger partial charge in [-0.1, -0.05) is 42.5 Å². The van der Waals surface area contributed by atoms with Crippen molar-refractivity contribution in [1.82, 2.24) is 4.90 Å². The Morgan fingerprint density at radius 3 is 2.57 bits per heavy atom. The zero-order valence-electron chi connectivity index (χ0n) is 16.3. The molecule has 2 aromatic carbocycles. The molecule has 2 aromatic rings. The lowest BCUT2D eigenvalue weighted by Crippen LogP contribution is -2.45. The Kier molecular flexibility index (Phi) is 4.96. The van der Waals surface area contributed by atoms with Gasteiger partial charge in [-0.15, -0.1) is 0 Å². The second-order valence-corrected chi connectivity index (χ2v) is 8.11. The molecular weight excluding hydrogens is 348 g/mol. The Morgan fingerprint density at radius 2 is 1.68 bits per heavy atom. The van der Waals surface area contributed by atoms with Gasteiger partial charge in [0.05, 0.1) is 0 Å². The first kappa shape index (κ1) is 17.6. The van der Waals surface area contributed by atoms with Gasteiger partial charge in [0.15, 0.2) is 11.5 Å². The minimum atomic E-state index is 0.130.